The van der Waals surface area contributed by atoms with Crippen LogP contribution in [-0.2, 0) is 12.7 Å². The maximum atomic E-state index is 13.4. The number of hydrogen-bond acceptors (Lipinski definition) is 3. The molecule has 0 unspecified atom stereocenters. The molecule has 0 aliphatic carbocycles. The summed E-state index contributed by atoms with van der Waals surface area (Å²) < 4.78 is 45.7. The summed E-state index contributed by atoms with van der Waals surface area (Å²) >= 11 is 0. The van der Waals surface area contributed by atoms with Crippen molar-refractivity contribution in [3.63, 3.8) is 0 Å². The predicted molar refractivity (Wildman–Crippen MR) is 92.6 cm³/mol. The Kier molecular flexibility index (Phi) is 3.86. The number of alkyl halides is 3. The van der Waals surface area contributed by atoms with E-state index in [9.17, 15) is 18.0 Å². The van der Waals surface area contributed by atoms with Crippen LogP contribution in [0.4, 0.5) is 18.9 Å². The summed E-state index contributed by atoms with van der Waals surface area (Å²) in [4.78, 5) is 16.1. The zero-order valence-electron chi connectivity index (χ0n) is 13.6. The molecule has 1 aliphatic rings. The quantitative estimate of drug-likeness (QED) is 0.753. The lowest BCUT2D eigenvalue weighted by atomic mass is 10.1. The molecule has 0 saturated carbocycles. The maximum absolute atomic E-state index is 13.4. The zero-order chi connectivity index (χ0) is 18.3. The Labute approximate surface area is 146 Å². The van der Waals surface area contributed by atoms with Crippen molar-refractivity contribution in [3.8, 4) is 5.75 Å². The Morgan fingerprint density at radius 3 is 2.62 bits per heavy atom. The summed E-state index contributed by atoms with van der Waals surface area (Å²) in [5.74, 6) is 0.467. The molecule has 1 N–H and O–H groups in total. The van der Waals surface area contributed by atoms with E-state index in [0.29, 0.717) is 37.2 Å². The molecule has 7 heteroatoms. The standard InChI is InChI=1S/C19H15F3N2O2/c20-19(21,22)14-9-18(25)23-15-10-17-16(8-13(14)15)24(6-7-26-17)11-12-4-2-1-3-5-12/h1-5,8-10H,6-7,11H2,(H,23,25). The third-order valence-electron chi connectivity index (χ3n) is 4.40. The van der Waals surface area contributed by atoms with E-state index in [4.69, 9.17) is 4.74 Å². The second kappa shape index (κ2) is 6.09. The van der Waals surface area contributed by atoms with Gasteiger partial charge in [0, 0.05) is 24.1 Å². The number of anilines is 1. The molecule has 0 bridgehead atoms. The number of halogens is 3. The molecular formula is C19H15F3N2O2. The molecule has 4 nitrogen and oxygen atoms in total. The summed E-state index contributed by atoms with van der Waals surface area (Å²) in [7, 11) is 0. The highest BCUT2D eigenvalue weighted by atomic mass is 19.4. The fourth-order valence-electron chi connectivity index (χ4n) is 3.22. The van der Waals surface area contributed by atoms with Crippen molar-refractivity contribution in [2.45, 2.75) is 12.7 Å². The van der Waals surface area contributed by atoms with E-state index in [-0.39, 0.29) is 10.9 Å². The van der Waals surface area contributed by atoms with Crippen LogP contribution in [0.1, 0.15) is 11.1 Å². The summed E-state index contributed by atoms with van der Waals surface area (Å²) in [6.07, 6.45) is -4.61. The molecule has 1 aliphatic heterocycles. The van der Waals surface area contributed by atoms with E-state index in [0.717, 1.165) is 5.56 Å². The number of aromatic nitrogens is 1. The van der Waals surface area contributed by atoms with Crippen molar-refractivity contribution in [3.05, 3.63) is 70.0 Å². The second-order valence-electron chi connectivity index (χ2n) is 6.17. The third kappa shape index (κ3) is 3.00. The number of ether oxygens (including phenoxy) is 1. The normalized spacial score (nSPS) is 14.2. The smallest absolute Gasteiger partial charge is 0.417 e. The molecule has 0 fully saturated rings. The van der Waals surface area contributed by atoms with Crippen LogP contribution >= 0.6 is 0 Å². The van der Waals surface area contributed by atoms with Crippen LogP contribution < -0.4 is 15.2 Å². The molecule has 1 aromatic heterocycles. The predicted octanol–water partition coefficient (Wildman–Crippen LogP) is 3.95. The van der Waals surface area contributed by atoms with Crippen LogP contribution in [0.5, 0.6) is 5.75 Å². The molecular weight excluding hydrogens is 345 g/mol. The van der Waals surface area contributed by atoms with E-state index in [1.165, 1.54) is 12.1 Å². The van der Waals surface area contributed by atoms with Gasteiger partial charge in [-0.25, -0.2) is 0 Å². The highest BCUT2D eigenvalue weighted by Gasteiger charge is 2.34. The highest BCUT2D eigenvalue weighted by molar-refractivity contribution is 5.89. The molecule has 26 heavy (non-hydrogen) atoms. The number of nitrogens with zero attached hydrogens (tertiary/aromatic N) is 1. The Balaban J connectivity index is 1.86. The SMILES string of the molecule is O=c1cc(C(F)(F)F)c2cc3c(cc2[nH]1)OCCN3Cc1ccccc1. The van der Waals surface area contributed by atoms with Gasteiger partial charge in [0.25, 0.3) is 0 Å². The van der Waals surface area contributed by atoms with Crippen LogP contribution in [-0.4, -0.2) is 18.1 Å². The molecule has 0 spiro atoms. The Bertz CT molecular complexity index is 1010. The molecule has 134 valence electrons. The number of rotatable bonds is 2. The molecule has 3 aromatic rings. The van der Waals surface area contributed by atoms with Gasteiger partial charge in [0.15, 0.2) is 0 Å². The van der Waals surface area contributed by atoms with Gasteiger partial charge >= 0.3 is 6.18 Å². The number of hydrogen-bond donors (Lipinski definition) is 1. The summed E-state index contributed by atoms with van der Waals surface area (Å²) in [5.41, 5.74) is 0.0271. The fourth-order valence-corrected chi connectivity index (χ4v) is 3.22. The Morgan fingerprint density at radius 1 is 1.12 bits per heavy atom. The minimum Gasteiger partial charge on any atom is -0.489 e. The van der Waals surface area contributed by atoms with E-state index in [1.807, 2.05) is 35.2 Å². The van der Waals surface area contributed by atoms with Gasteiger partial charge in [-0.3, -0.25) is 4.79 Å². The maximum Gasteiger partial charge on any atom is 0.417 e. The van der Waals surface area contributed by atoms with Gasteiger partial charge in [0.1, 0.15) is 12.4 Å². The van der Waals surface area contributed by atoms with Crippen molar-refractivity contribution in [1.82, 2.24) is 4.98 Å². The fraction of sp³-hybridized carbons (Fsp3) is 0.211. The molecule has 2 aromatic carbocycles. The van der Waals surface area contributed by atoms with Gasteiger partial charge in [0.2, 0.25) is 5.56 Å². The molecule has 2 heterocycles. The lowest BCUT2D eigenvalue weighted by molar-refractivity contribution is -0.136. The van der Waals surface area contributed by atoms with Crippen molar-refractivity contribution in [1.29, 1.82) is 0 Å². The number of pyridine rings is 1. The van der Waals surface area contributed by atoms with E-state index in [1.54, 1.807) is 0 Å². The van der Waals surface area contributed by atoms with E-state index < -0.39 is 17.3 Å². The van der Waals surface area contributed by atoms with Crippen LogP contribution in [0.25, 0.3) is 10.9 Å². The van der Waals surface area contributed by atoms with Crippen LogP contribution in [0, 0.1) is 0 Å². The number of aromatic amines is 1. The van der Waals surface area contributed by atoms with Gasteiger partial charge in [-0.15, -0.1) is 0 Å². The summed E-state index contributed by atoms with van der Waals surface area (Å²) in [6.45, 7) is 1.56. The van der Waals surface area contributed by atoms with Crippen LogP contribution in [0.3, 0.4) is 0 Å². The van der Waals surface area contributed by atoms with Gasteiger partial charge in [-0.1, -0.05) is 30.3 Å². The third-order valence-corrected chi connectivity index (χ3v) is 4.40. The lowest BCUT2D eigenvalue weighted by Gasteiger charge is -2.32. The zero-order valence-corrected chi connectivity index (χ0v) is 13.6. The van der Waals surface area contributed by atoms with Crippen LogP contribution in [0.15, 0.2) is 53.3 Å². The van der Waals surface area contributed by atoms with Crippen LogP contribution in [0.2, 0.25) is 0 Å². The minimum absolute atomic E-state index is 0.0422. The van der Waals surface area contributed by atoms with Gasteiger partial charge < -0.3 is 14.6 Å². The molecule has 0 atom stereocenters. The first-order chi connectivity index (χ1) is 12.4. The largest absolute Gasteiger partial charge is 0.489 e. The average Bonchev–Trinajstić information content (AvgIpc) is 2.60. The Hall–Kier alpha value is -2.96. The van der Waals surface area contributed by atoms with Crippen molar-refractivity contribution in [2.75, 3.05) is 18.1 Å². The minimum atomic E-state index is -4.61. The second-order valence-corrected chi connectivity index (χ2v) is 6.17. The number of fused-ring (bicyclic) bond motifs is 2. The van der Waals surface area contributed by atoms with Gasteiger partial charge in [-0.2, -0.15) is 13.2 Å². The topological polar surface area (TPSA) is 45.3 Å². The van der Waals surface area contributed by atoms with Crippen molar-refractivity contribution in [2.24, 2.45) is 0 Å². The van der Waals surface area contributed by atoms with E-state index in [2.05, 4.69) is 4.98 Å². The molecule has 4 rings (SSSR count). The van der Waals surface area contributed by atoms with E-state index >= 15 is 0 Å². The average molecular weight is 360 g/mol. The highest BCUT2D eigenvalue weighted by Crippen LogP contribution is 2.40. The number of H-pyrrole nitrogens is 1. The van der Waals surface area contributed by atoms with Gasteiger partial charge in [-0.05, 0) is 11.6 Å². The lowest BCUT2D eigenvalue weighted by Crippen LogP contribution is -2.32. The van der Waals surface area contributed by atoms with Crippen molar-refractivity contribution >= 4 is 16.6 Å². The summed E-state index contributed by atoms with van der Waals surface area (Å²) in [6, 6.07) is 13.2. The number of nitrogens with one attached hydrogen (secondary N) is 1. The Morgan fingerprint density at radius 2 is 1.88 bits per heavy atom. The molecule has 0 saturated heterocycles. The summed E-state index contributed by atoms with van der Waals surface area (Å²) in [5, 5.41) is -0.0422. The number of benzene rings is 2. The molecule has 0 amide bonds. The first-order valence-corrected chi connectivity index (χ1v) is 8.12. The monoisotopic (exact) mass is 360 g/mol. The van der Waals surface area contributed by atoms with Gasteiger partial charge in [0.05, 0.1) is 23.3 Å². The van der Waals surface area contributed by atoms with Crippen molar-refractivity contribution < 1.29 is 17.9 Å². The molecule has 0 radical (unpaired) electrons. The first-order valence-electron chi connectivity index (χ1n) is 8.12. The first kappa shape index (κ1) is 16.5.